The molecule has 1 aliphatic rings. The fourth-order valence-electron chi connectivity index (χ4n) is 2.79. The summed E-state index contributed by atoms with van der Waals surface area (Å²) in [6, 6.07) is 12.2. The van der Waals surface area contributed by atoms with Crippen molar-refractivity contribution < 1.29 is 19.1 Å². The molecule has 0 bridgehead atoms. The Hall–Kier alpha value is -3.02. The number of anilines is 2. The van der Waals surface area contributed by atoms with Gasteiger partial charge in [-0.25, -0.2) is 0 Å². The molecule has 0 aliphatic carbocycles. The Bertz CT molecular complexity index is 802. The second kappa shape index (κ2) is 7.91. The summed E-state index contributed by atoms with van der Waals surface area (Å²) in [5.74, 6) is 1.06. The highest BCUT2D eigenvalue weighted by molar-refractivity contribution is 6.05. The molecule has 0 saturated carbocycles. The van der Waals surface area contributed by atoms with Crippen LogP contribution in [0, 0.1) is 0 Å². The molecule has 2 aromatic rings. The molecular formula is C20H22N2O4. The van der Waals surface area contributed by atoms with Gasteiger partial charge in [0.2, 0.25) is 0 Å². The number of ether oxygens (including phenoxy) is 2. The monoisotopic (exact) mass is 354 g/mol. The van der Waals surface area contributed by atoms with Crippen LogP contribution in [0.3, 0.4) is 0 Å². The van der Waals surface area contributed by atoms with Crippen LogP contribution < -0.4 is 19.7 Å². The van der Waals surface area contributed by atoms with Crippen molar-refractivity contribution in [1.82, 2.24) is 0 Å². The van der Waals surface area contributed by atoms with E-state index in [9.17, 15) is 9.59 Å². The largest absolute Gasteiger partial charge is 0.497 e. The van der Waals surface area contributed by atoms with Crippen molar-refractivity contribution in [3.63, 3.8) is 0 Å². The van der Waals surface area contributed by atoms with Crippen LogP contribution in [0.5, 0.6) is 11.5 Å². The molecule has 0 spiro atoms. The first-order chi connectivity index (χ1) is 12.6. The van der Waals surface area contributed by atoms with E-state index in [2.05, 4.69) is 12.2 Å². The molecule has 0 unspecified atom stereocenters. The summed E-state index contributed by atoms with van der Waals surface area (Å²) >= 11 is 0. The molecule has 6 heteroatoms. The molecule has 0 atom stereocenters. The van der Waals surface area contributed by atoms with Crippen LogP contribution in [-0.2, 0) is 4.79 Å². The topological polar surface area (TPSA) is 67.9 Å². The van der Waals surface area contributed by atoms with Gasteiger partial charge in [0, 0.05) is 17.8 Å². The van der Waals surface area contributed by atoms with Gasteiger partial charge in [-0.1, -0.05) is 13.3 Å². The molecule has 0 saturated heterocycles. The number of hydrogen-bond acceptors (Lipinski definition) is 4. The van der Waals surface area contributed by atoms with Crippen LogP contribution in [0.15, 0.2) is 42.5 Å². The minimum absolute atomic E-state index is 0.0499. The predicted molar refractivity (Wildman–Crippen MR) is 100 cm³/mol. The molecule has 1 aliphatic heterocycles. The number of unbranched alkanes of at least 4 members (excludes halogenated alkanes) is 1. The first-order valence-electron chi connectivity index (χ1n) is 8.65. The Morgan fingerprint density at radius 1 is 1.23 bits per heavy atom. The molecule has 1 heterocycles. The number of amides is 2. The maximum atomic E-state index is 12.4. The molecule has 0 fully saturated rings. The number of fused-ring (bicyclic) bond motifs is 1. The number of nitrogens with one attached hydrogen (secondary N) is 1. The average Bonchev–Trinajstić information content (AvgIpc) is 2.67. The number of rotatable bonds is 6. The van der Waals surface area contributed by atoms with Crippen molar-refractivity contribution in [3.05, 3.63) is 48.0 Å². The predicted octanol–water partition coefficient (Wildman–Crippen LogP) is 3.47. The third-order valence-corrected chi connectivity index (χ3v) is 4.25. The average molecular weight is 354 g/mol. The lowest BCUT2D eigenvalue weighted by molar-refractivity contribution is -0.121. The van der Waals surface area contributed by atoms with Gasteiger partial charge >= 0.3 is 0 Å². The van der Waals surface area contributed by atoms with E-state index in [4.69, 9.17) is 9.47 Å². The highest BCUT2D eigenvalue weighted by atomic mass is 16.5. The summed E-state index contributed by atoms with van der Waals surface area (Å²) in [6.45, 7) is 2.77. The van der Waals surface area contributed by atoms with Crippen molar-refractivity contribution in [2.45, 2.75) is 19.8 Å². The smallest absolute Gasteiger partial charge is 0.265 e. The van der Waals surface area contributed by atoms with E-state index in [1.807, 2.05) is 0 Å². The van der Waals surface area contributed by atoms with Gasteiger partial charge in [-0.3, -0.25) is 9.59 Å². The minimum atomic E-state index is -0.226. The second-order valence-electron chi connectivity index (χ2n) is 6.05. The molecule has 2 aromatic carbocycles. The van der Waals surface area contributed by atoms with Gasteiger partial charge < -0.3 is 19.7 Å². The SMILES string of the molecule is CCCCN1C(=O)COc2ccc(NC(=O)c3ccc(OC)cc3)cc21. The number of benzene rings is 2. The minimum Gasteiger partial charge on any atom is -0.497 e. The standard InChI is InChI=1S/C20H22N2O4/c1-3-4-11-22-17-12-15(7-10-18(17)26-13-19(22)23)21-20(24)14-5-8-16(25-2)9-6-14/h5-10,12H,3-4,11,13H2,1-2H3,(H,21,24). The van der Waals surface area contributed by atoms with Crippen LogP contribution in [0.1, 0.15) is 30.1 Å². The van der Waals surface area contributed by atoms with E-state index in [-0.39, 0.29) is 18.4 Å². The van der Waals surface area contributed by atoms with E-state index in [1.165, 1.54) is 0 Å². The summed E-state index contributed by atoms with van der Waals surface area (Å²) in [7, 11) is 1.58. The zero-order valence-electron chi connectivity index (χ0n) is 15.0. The number of methoxy groups -OCH3 is 1. The highest BCUT2D eigenvalue weighted by Crippen LogP contribution is 2.35. The molecule has 6 nitrogen and oxygen atoms in total. The fourth-order valence-corrected chi connectivity index (χ4v) is 2.79. The van der Waals surface area contributed by atoms with Gasteiger partial charge in [0.15, 0.2) is 6.61 Å². The van der Waals surface area contributed by atoms with E-state index >= 15 is 0 Å². The summed E-state index contributed by atoms with van der Waals surface area (Å²) in [4.78, 5) is 26.3. The zero-order valence-corrected chi connectivity index (χ0v) is 15.0. The third kappa shape index (κ3) is 3.79. The van der Waals surface area contributed by atoms with E-state index < -0.39 is 0 Å². The summed E-state index contributed by atoms with van der Waals surface area (Å²) in [5, 5.41) is 2.86. The van der Waals surface area contributed by atoms with Gasteiger partial charge in [0.05, 0.1) is 12.8 Å². The fraction of sp³-hybridized carbons (Fsp3) is 0.300. The first-order valence-corrected chi connectivity index (χ1v) is 8.65. The van der Waals surface area contributed by atoms with Gasteiger partial charge in [0.25, 0.3) is 11.8 Å². The van der Waals surface area contributed by atoms with E-state index in [0.717, 1.165) is 12.8 Å². The van der Waals surface area contributed by atoms with Gasteiger partial charge in [-0.05, 0) is 48.9 Å². The van der Waals surface area contributed by atoms with Crippen molar-refractivity contribution >= 4 is 23.2 Å². The van der Waals surface area contributed by atoms with Crippen molar-refractivity contribution in [3.8, 4) is 11.5 Å². The van der Waals surface area contributed by atoms with Crippen LogP contribution in [0.2, 0.25) is 0 Å². The molecule has 136 valence electrons. The lowest BCUT2D eigenvalue weighted by Crippen LogP contribution is -2.39. The molecule has 0 aromatic heterocycles. The van der Waals surface area contributed by atoms with Crippen LogP contribution in [0.4, 0.5) is 11.4 Å². The van der Waals surface area contributed by atoms with Crippen molar-refractivity contribution in [1.29, 1.82) is 0 Å². The number of nitrogens with zero attached hydrogens (tertiary/aromatic N) is 1. The van der Waals surface area contributed by atoms with E-state index in [0.29, 0.717) is 35.0 Å². The second-order valence-corrected chi connectivity index (χ2v) is 6.05. The molecule has 0 radical (unpaired) electrons. The molecule has 3 rings (SSSR count). The lowest BCUT2D eigenvalue weighted by atomic mass is 10.1. The Labute approximate surface area is 152 Å². The van der Waals surface area contributed by atoms with E-state index in [1.54, 1.807) is 54.5 Å². The number of hydrogen-bond donors (Lipinski definition) is 1. The van der Waals surface area contributed by atoms with Crippen molar-refractivity contribution in [2.75, 3.05) is 30.5 Å². The first kappa shape index (κ1) is 17.8. The van der Waals surface area contributed by atoms with Gasteiger partial charge in [-0.2, -0.15) is 0 Å². The maximum absolute atomic E-state index is 12.4. The summed E-state index contributed by atoms with van der Waals surface area (Å²) < 4.78 is 10.6. The Morgan fingerprint density at radius 3 is 2.69 bits per heavy atom. The third-order valence-electron chi connectivity index (χ3n) is 4.25. The summed E-state index contributed by atoms with van der Waals surface area (Å²) in [5.41, 5.74) is 1.84. The Kier molecular flexibility index (Phi) is 5.41. The zero-order chi connectivity index (χ0) is 18.5. The Morgan fingerprint density at radius 2 is 2.00 bits per heavy atom. The molecule has 26 heavy (non-hydrogen) atoms. The normalized spacial score (nSPS) is 13.0. The highest BCUT2D eigenvalue weighted by Gasteiger charge is 2.25. The quantitative estimate of drug-likeness (QED) is 0.862. The van der Waals surface area contributed by atoms with Gasteiger partial charge in [-0.15, -0.1) is 0 Å². The molecule has 1 N–H and O–H groups in total. The van der Waals surface area contributed by atoms with Crippen molar-refractivity contribution in [2.24, 2.45) is 0 Å². The van der Waals surface area contributed by atoms with Gasteiger partial charge in [0.1, 0.15) is 11.5 Å². The van der Waals surface area contributed by atoms with Crippen LogP contribution >= 0.6 is 0 Å². The lowest BCUT2D eigenvalue weighted by Gasteiger charge is -2.29. The van der Waals surface area contributed by atoms with Crippen LogP contribution in [0.25, 0.3) is 0 Å². The number of carbonyl (C=O) groups is 2. The molecular weight excluding hydrogens is 332 g/mol. The Balaban J connectivity index is 1.79. The maximum Gasteiger partial charge on any atom is 0.265 e. The summed E-state index contributed by atoms with van der Waals surface area (Å²) in [6.07, 6.45) is 1.90. The number of carbonyl (C=O) groups excluding carboxylic acids is 2. The molecule has 2 amide bonds. The van der Waals surface area contributed by atoms with Crippen LogP contribution in [-0.4, -0.2) is 32.1 Å².